The first-order valence-corrected chi connectivity index (χ1v) is 13.3. The number of amides is 2. The van der Waals surface area contributed by atoms with Gasteiger partial charge in [-0.2, -0.15) is 0 Å². The van der Waals surface area contributed by atoms with E-state index in [2.05, 4.69) is 0 Å². The van der Waals surface area contributed by atoms with E-state index in [9.17, 15) is 19.2 Å². The van der Waals surface area contributed by atoms with Crippen molar-refractivity contribution >= 4 is 29.3 Å². The highest BCUT2D eigenvalue weighted by molar-refractivity contribution is 6.02. The Kier molecular flexibility index (Phi) is 8.14. The summed E-state index contributed by atoms with van der Waals surface area (Å²) >= 11 is 0. The Labute approximate surface area is 231 Å². The van der Waals surface area contributed by atoms with E-state index in [0.717, 1.165) is 0 Å². The maximum absolute atomic E-state index is 13.0. The number of Topliss-reactive ketones (excluding diaryl/α,β-unsaturated/α-hetero) is 1. The molecule has 1 saturated heterocycles. The second-order valence-electron chi connectivity index (χ2n) is 9.56. The molecule has 2 aromatic carbocycles. The third kappa shape index (κ3) is 6.01. The van der Waals surface area contributed by atoms with Gasteiger partial charge in [-0.1, -0.05) is 18.2 Å². The van der Waals surface area contributed by atoms with Crippen molar-refractivity contribution in [2.45, 2.75) is 26.3 Å². The molecule has 208 valence electrons. The number of furan rings is 1. The van der Waals surface area contributed by atoms with Gasteiger partial charge in [-0.05, 0) is 62.2 Å². The van der Waals surface area contributed by atoms with Crippen LogP contribution in [0.2, 0.25) is 0 Å². The number of hydrogen-bond acceptors (Lipinski definition) is 8. The van der Waals surface area contributed by atoms with E-state index in [1.165, 1.54) is 4.90 Å². The number of para-hydroxylation sites is 1. The minimum Gasteiger partial charge on any atom is -0.485 e. The summed E-state index contributed by atoms with van der Waals surface area (Å²) in [5, 5.41) is 0. The van der Waals surface area contributed by atoms with E-state index >= 15 is 0 Å². The lowest BCUT2D eigenvalue weighted by Crippen LogP contribution is -2.40. The van der Waals surface area contributed by atoms with Crippen LogP contribution < -0.4 is 14.4 Å². The molecule has 10 nitrogen and oxygen atoms in total. The number of carbonyl (C=O) groups is 4. The Morgan fingerprint density at radius 3 is 2.52 bits per heavy atom. The van der Waals surface area contributed by atoms with Crippen molar-refractivity contribution in [3.05, 3.63) is 77.7 Å². The Morgan fingerprint density at radius 2 is 1.77 bits per heavy atom. The Hall–Kier alpha value is -4.60. The number of ketones is 1. The lowest BCUT2D eigenvalue weighted by Gasteiger charge is -2.30. The van der Waals surface area contributed by atoms with Crippen LogP contribution in [0.3, 0.4) is 0 Å². The predicted octanol–water partition coefficient (Wildman–Crippen LogP) is 3.88. The molecule has 0 radical (unpaired) electrons. The quantitative estimate of drug-likeness (QED) is 0.293. The van der Waals surface area contributed by atoms with Gasteiger partial charge in [0.25, 0.3) is 11.8 Å². The zero-order chi connectivity index (χ0) is 28.1. The van der Waals surface area contributed by atoms with Gasteiger partial charge >= 0.3 is 5.97 Å². The van der Waals surface area contributed by atoms with Crippen LogP contribution in [0.1, 0.15) is 46.4 Å². The van der Waals surface area contributed by atoms with E-state index in [-0.39, 0.29) is 55.0 Å². The van der Waals surface area contributed by atoms with E-state index in [0.29, 0.717) is 61.0 Å². The van der Waals surface area contributed by atoms with Crippen LogP contribution >= 0.6 is 0 Å². The van der Waals surface area contributed by atoms with Gasteiger partial charge in [0.15, 0.2) is 24.8 Å². The van der Waals surface area contributed by atoms with Crippen LogP contribution in [0.5, 0.6) is 11.5 Å². The van der Waals surface area contributed by atoms with Crippen molar-refractivity contribution in [1.29, 1.82) is 0 Å². The molecule has 0 unspecified atom stereocenters. The standard InChI is InChI=1S/C30H30N2O8/c1-2-37-30(36)20-12-14-31(15-13-20)29(35)27-11-9-23(40-27)17-32-24-16-21(8-10-26(24)39-19-28(32)34)25(33)18-38-22-6-4-3-5-7-22/h3-11,16,20H,2,12-15,17-19H2,1H3. The molecule has 5 rings (SSSR count). The van der Waals surface area contributed by atoms with E-state index < -0.39 is 0 Å². The van der Waals surface area contributed by atoms with Crippen LogP contribution in [-0.4, -0.2) is 61.4 Å². The van der Waals surface area contributed by atoms with Crippen molar-refractivity contribution in [2.24, 2.45) is 5.92 Å². The molecule has 0 saturated carbocycles. The molecule has 0 bridgehead atoms. The van der Waals surface area contributed by atoms with Gasteiger partial charge in [-0.25, -0.2) is 0 Å². The molecule has 1 aromatic heterocycles. The molecule has 40 heavy (non-hydrogen) atoms. The average molecular weight is 547 g/mol. The fraction of sp³-hybridized carbons (Fsp3) is 0.333. The fourth-order valence-corrected chi connectivity index (χ4v) is 4.77. The molecule has 0 atom stereocenters. The number of benzene rings is 2. The molecule has 0 aliphatic carbocycles. The monoisotopic (exact) mass is 546 g/mol. The smallest absolute Gasteiger partial charge is 0.309 e. The number of piperidine rings is 1. The van der Waals surface area contributed by atoms with Gasteiger partial charge in [0, 0.05) is 18.7 Å². The summed E-state index contributed by atoms with van der Waals surface area (Å²) in [6.45, 7) is 2.72. The van der Waals surface area contributed by atoms with Crippen LogP contribution in [-0.2, 0) is 20.9 Å². The summed E-state index contributed by atoms with van der Waals surface area (Å²) in [7, 11) is 0. The Bertz CT molecular complexity index is 1390. The van der Waals surface area contributed by atoms with Crippen molar-refractivity contribution in [2.75, 3.05) is 37.8 Å². The topological polar surface area (TPSA) is 116 Å². The van der Waals surface area contributed by atoms with Gasteiger partial charge < -0.3 is 23.5 Å². The number of hydrogen-bond donors (Lipinski definition) is 0. The summed E-state index contributed by atoms with van der Waals surface area (Å²) in [5.41, 5.74) is 0.812. The summed E-state index contributed by atoms with van der Waals surface area (Å²) in [4.78, 5) is 53.8. The molecule has 2 aliphatic heterocycles. The van der Waals surface area contributed by atoms with Crippen molar-refractivity contribution in [3.63, 3.8) is 0 Å². The normalized spacial score (nSPS) is 15.3. The minimum absolute atomic E-state index is 0.0611. The number of rotatable bonds is 9. The SMILES string of the molecule is CCOC(=O)C1CCN(C(=O)c2ccc(CN3C(=O)COc4ccc(C(=O)COc5ccccc5)cc43)o2)CC1. The van der Waals surface area contributed by atoms with Crippen LogP contribution in [0.25, 0.3) is 0 Å². The number of likely N-dealkylation sites (tertiary alicyclic amines) is 1. The van der Waals surface area contributed by atoms with Gasteiger partial charge in [-0.3, -0.25) is 24.1 Å². The molecule has 3 heterocycles. The molecule has 2 amide bonds. The number of anilines is 1. The van der Waals surface area contributed by atoms with Gasteiger partial charge in [-0.15, -0.1) is 0 Å². The molecular formula is C30H30N2O8. The second kappa shape index (κ2) is 12.1. The second-order valence-corrected chi connectivity index (χ2v) is 9.56. The fourth-order valence-electron chi connectivity index (χ4n) is 4.77. The lowest BCUT2D eigenvalue weighted by molar-refractivity contribution is -0.149. The molecule has 0 N–H and O–H groups in total. The maximum Gasteiger partial charge on any atom is 0.309 e. The molecule has 1 fully saturated rings. The van der Waals surface area contributed by atoms with E-state index in [1.807, 2.05) is 18.2 Å². The Balaban J connectivity index is 1.24. The largest absolute Gasteiger partial charge is 0.485 e. The van der Waals surface area contributed by atoms with Gasteiger partial charge in [0.2, 0.25) is 0 Å². The van der Waals surface area contributed by atoms with E-state index in [1.54, 1.807) is 54.3 Å². The average Bonchev–Trinajstić information content (AvgIpc) is 3.46. The zero-order valence-corrected chi connectivity index (χ0v) is 22.2. The molecule has 10 heteroatoms. The number of carbonyl (C=O) groups excluding carboxylic acids is 4. The number of esters is 1. The Morgan fingerprint density at radius 1 is 1.00 bits per heavy atom. The highest BCUT2D eigenvalue weighted by Crippen LogP contribution is 2.34. The predicted molar refractivity (Wildman–Crippen MR) is 143 cm³/mol. The zero-order valence-electron chi connectivity index (χ0n) is 22.2. The van der Waals surface area contributed by atoms with Crippen LogP contribution in [0.15, 0.2) is 65.1 Å². The molecule has 3 aromatic rings. The van der Waals surface area contributed by atoms with Crippen molar-refractivity contribution < 1.29 is 37.8 Å². The summed E-state index contributed by atoms with van der Waals surface area (Å²) in [5.74, 6) is 0.374. The summed E-state index contributed by atoms with van der Waals surface area (Å²) in [6, 6.07) is 17.2. The first-order chi connectivity index (χ1) is 19.4. The first-order valence-electron chi connectivity index (χ1n) is 13.3. The molecule has 0 spiro atoms. The highest BCUT2D eigenvalue weighted by Gasteiger charge is 2.31. The van der Waals surface area contributed by atoms with Crippen LogP contribution in [0.4, 0.5) is 5.69 Å². The number of fused-ring (bicyclic) bond motifs is 1. The minimum atomic E-state index is -0.303. The molecule has 2 aliphatic rings. The van der Waals surface area contributed by atoms with Gasteiger partial charge in [0.05, 0.1) is 24.8 Å². The van der Waals surface area contributed by atoms with Gasteiger partial charge in [0.1, 0.15) is 17.3 Å². The summed E-state index contributed by atoms with van der Waals surface area (Å²) in [6.07, 6.45) is 1.07. The van der Waals surface area contributed by atoms with Crippen molar-refractivity contribution in [3.8, 4) is 11.5 Å². The third-order valence-corrected chi connectivity index (χ3v) is 6.93. The third-order valence-electron chi connectivity index (χ3n) is 6.93. The van der Waals surface area contributed by atoms with E-state index in [4.69, 9.17) is 18.6 Å². The molecular weight excluding hydrogens is 516 g/mol. The highest BCUT2D eigenvalue weighted by atomic mass is 16.5. The lowest BCUT2D eigenvalue weighted by atomic mass is 9.97. The first kappa shape index (κ1) is 27.0. The number of ether oxygens (including phenoxy) is 3. The summed E-state index contributed by atoms with van der Waals surface area (Å²) < 4.78 is 22.1. The maximum atomic E-state index is 13.0. The van der Waals surface area contributed by atoms with Crippen LogP contribution in [0, 0.1) is 5.92 Å². The van der Waals surface area contributed by atoms with Crippen molar-refractivity contribution in [1.82, 2.24) is 4.90 Å². The number of nitrogens with zero attached hydrogens (tertiary/aromatic N) is 2.